The van der Waals surface area contributed by atoms with Crippen LogP contribution in [0.3, 0.4) is 0 Å². The van der Waals surface area contributed by atoms with Crippen LogP contribution < -0.4 is 5.73 Å². The summed E-state index contributed by atoms with van der Waals surface area (Å²) in [6.45, 7) is 20.0. The van der Waals surface area contributed by atoms with Gasteiger partial charge in [0.25, 0.3) is 0 Å². The molecule has 0 aliphatic carbocycles. The molecule has 1 aromatic rings. The van der Waals surface area contributed by atoms with Crippen molar-refractivity contribution in [3.63, 3.8) is 0 Å². The van der Waals surface area contributed by atoms with Crippen LogP contribution in [0.1, 0.15) is 84.9 Å². The van der Waals surface area contributed by atoms with Gasteiger partial charge in [-0.15, -0.1) is 0 Å². The first-order valence-electron chi connectivity index (χ1n) is 8.20. The minimum absolute atomic E-state index is 0.204. The molecule has 0 saturated carbocycles. The van der Waals surface area contributed by atoms with Crippen molar-refractivity contribution < 1.29 is 0 Å². The summed E-state index contributed by atoms with van der Waals surface area (Å²) in [5, 5.41) is 0. The molecule has 0 fully saturated rings. The zero-order chi connectivity index (χ0) is 16.3. The Hall–Kier alpha value is -0.820. The fraction of sp³-hybridized carbons (Fsp3) is 0.684. The Kier molecular flexibility index (Phi) is 11.7. The van der Waals surface area contributed by atoms with Gasteiger partial charge in [-0.25, -0.2) is 0 Å². The molecule has 0 aliphatic heterocycles. The highest BCUT2D eigenvalue weighted by atomic mass is 14.5. The maximum Gasteiger partial charge on any atom is -0.00365 e. The van der Waals surface area contributed by atoms with E-state index in [1.807, 2.05) is 27.7 Å². The molecule has 118 valence electrons. The van der Waals surface area contributed by atoms with Crippen molar-refractivity contribution >= 4 is 0 Å². The Morgan fingerprint density at radius 1 is 1.00 bits per heavy atom. The van der Waals surface area contributed by atoms with Gasteiger partial charge < -0.3 is 5.73 Å². The van der Waals surface area contributed by atoms with E-state index in [-0.39, 0.29) is 5.41 Å². The SMILES string of the molecule is CC.CC.CC(C)c1cccc(C(C)(C)C)c1CCN. The van der Waals surface area contributed by atoms with Crippen LogP contribution in [0.15, 0.2) is 18.2 Å². The maximum atomic E-state index is 5.74. The van der Waals surface area contributed by atoms with Crippen LogP contribution in [-0.4, -0.2) is 6.54 Å². The Bertz CT molecular complexity index is 345. The third-order valence-electron chi connectivity index (χ3n) is 3.04. The topological polar surface area (TPSA) is 26.0 Å². The number of benzene rings is 1. The average Bonchev–Trinajstić information content (AvgIpc) is 2.42. The Labute approximate surface area is 128 Å². The van der Waals surface area contributed by atoms with Crippen LogP contribution >= 0.6 is 0 Å². The highest BCUT2D eigenvalue weighted by Crippen LogP contribution is 2.31. The zero-order valence-electron chi connectivity index (χ0n) is 15.3. The average molecular weight is 280 g/mol. The highest BCUT2D eigenvalue weighted by Gasteiger charge is 2.20. The summed E-state index contributed by atoms with van der Waals surface area (Å²) in [4.78, 5) is 0. The molecular weight excluding hydrogens is 242 g/mol. The summed E-state index contributed by atoms with van der Waals surface area (Å²) in [6.07, 6.45) is 0.987. The number of nitrogens with two attached hydrogens (primary N) is 1. The maximum absolute atomic E-state index is 5.74. The first-order valence-corrected chi connectivity index (χ1v) is 8.20. The standard InChI is InChI=1S/C15H25N.2C2H6/c1-11(2)12-7-6-8-14(15(3,4)5)13(12)9-10-16;2*1-2/h6-8,11H,9-10,16H2,1-5H3;2*1-2H3. The predicted octanol–water partition coefficient (Wildman–Crippen LogP) is 5.66. The molecule has 1 aromatic carbocycles. The molecule has 0 aromatic heterocycles. The van der Waals surface area contributed by atoms with Crippen LogP contribution in [0.25, 0.3) is 0 Å². The molecule has 0 spiro atoms. The summed E-state index contributed by atoms with van der Waals surface area (Å²) in [6, 6.07) is 6.66. The van der Waals surface area contributed by atoms with Gasteiger partial charge in [0.1, 0.15) is 0 Å². The lowest BCUT2D eigenvalue weighted by atomic mass is 9.79. The molecule has 0 radical (unpaired) electrons. The molecule has 0 unspecified atom stereocenters. The molecule has 1 nitrogen and oxygen atoms in total. The van der Waals surface area contributed by atoms with E-state index in [2.05, 4.69) is 52.8 Å². The van der Waals surface area contributed by atoms with Gasteiger partial charge in [-0.3, -0.25) is 0 Å². The van der Waals surface area contributed by atoms with Crippen molar-refractivity contribution in [1.82, 2.24) is 0 Å². The Morgan fingerprint density at radius 2 is 1.50 bits per heavy atom. The Balaban J connectivity index is 0. The molecule has 1 heteroatoms. The van der Waals surface area contributed by atoms with Gasteiger partial charge in [0.2, 0.25) is 0 Å². The van der Waals surface area contributed by atoms with E-state index in [9.17, 15) is 0 Å². The smallest absolute Gasteiger partial charge is 0.00365 e. The lowest BCUT2D eigenvalue weighted by Crippen LogP contribution is -2.18. The van der Waals surface area contributed by atoms with Gasteiger partial charge in [-0.05, 0) is 41.0 Å². The zero-order valence-corrected chi connectivity index (χ0v) is 15.3. The first-order chi connectivity index (χ1) is 9.38. The van der Waals surface area contributed by atoms with E-state index >= 15 is 0 Å². The van der Waals surface area contributed by atoms with Crippen molar-refractivity contribution in [2.45, 2.75) is 80.1 Å². The molecule has 0 heterocycles. The minimum Gasteiger partial charge on any atom is -0.330 e. The van der Waals surface area contributed by atoms with Crippen LogP contribution in [0.4, 0.5) is 0 Å². The van der Waals surface area contributed by atoms with Crippen LogP contribution in [0.5, 0.6) is 0 Å². The molecule has 0 amide bonds. The normalized spacial score (nSPS) is 10.3. The fourth-order valence-corrected chi connectivity index (χ4v) is 2.27. The molecular formula is C19H37N. The molecule has 20 heavy (non-hydrogen) atoms. The van der Waals surface area contributed by atoms with E-state index in [0.717, 1.165) is 13.0 Å². The molecule has 0 saturated heterocycles. The highest BCUT2D eigenvalue weighted by molar-refractivity contribution is 5.41. The summed E-state index contributed by atoms with van der Waals surface area (Å²) in [5.74, 6) is 0.573. The Morgan fingerprint density at radius 3 is 1.85 bits per heavy atom. The van der Waals surface area contributed by atoms with Gasteiger partial charge in [0.05, 0.1) is 0 Å². The van der Waals surface area contributed by atoms with Crippen molar-refractivity contribution in [2.24, 2.45) is 5.73 Å². The molecule has 2 N–H and O–H groups in total. The van der Waals surface area contributed by atoms with E-state index in [1.165, 1.54) is 16.7 Å². The monoisotopic (exact) mass is 279 g/mol. The van der Waals surface area contributed by atoms with Crippen molar-refractivity contribution in [3.8, 4) is 0 Å². The lowest BCUT2D eigenvalue weighted by molar-refractivity contribution is 0.579. The first kappa shape index (κ1) is 21.5. The van der Waals surface area contributed by atoms with Crippen LogP contribution in [0.2, 0.25) is 0 Å². The van der Waals surface area contributed by atoms with Crippen molar-refractivity contribution in [2.75, 3.05) is 6.54 Å². The third-order valence-corrected chi connectivity index (χ3v) is 3.04. The summed E-state index contributed by atoms with van der Waals surface area (Å²) < 4.78 is 0. The van der Waals surface area contributed by atoms with E-state index in [4.69, 9.17) is 5.73 Å². The molecule has 1 rings (SSSR count). The summed E-state index contributed by atoms with van der Waals surface area (Å²) >= 11 is 0. The minimum atomic E-state index is 0.204. The molecule has 0 bridgehead atoms. The van der Waals surface area contributed by atoms with E-state index in [0.29, 0.717) is 5.92 Å². The second-order valence-electron chi connectivity index (χ2n) is 5.82. The summed E-state index contributed by atoms with van der Waals surface area (Å²) in [7, 11) is 0. The third kappa shape index (κ3) is 6.56. The lowest BCUT2D eigenvalue weighted by Gasteiger charge is -2.26. The summed E-state index contributed by atoms with van der Waals surface area (Å²) in [5.41, 5.74) is 10.3. The van der Waals surface area contributed by atoms with Gasteiger partial charge in [0, 0.05) is 0 Å². The fourth-order valence-electron chi connectivity index (χ4n) is 2.27. The van der Waals surface area contributed by atoms with Crippen molar-refractivity contribution in [3.05, 3.63) is 34.9 Å². The van der Waals surface area contributed by atoms with E-state index in [1.54, 1.807) is 0 Å². The largest absolute Gasteiger partial charge is 0.330 e. The second kappa shape index (κ2) is 10.9. The number of rotatable bonds is 3. The van der Waals surface area contributed by atoms with Crippen LogP contribution in [0, 0.1) is 0 Å². The quantitative estimate of drug-likeness (QED) is 0.759. The molecule has 0 aliphatic rings. The predicted molar refractivity (Wildman–Crippen MR) is 94.7 cm³/mol. The van der Waals surface area contributed by atoms with E-state index < -0.39 is 0 Å². The second-order valence-corrected chi connectivity index (χ2v) is 5.82. The van der Waals surface area contributed by atoms with Gasteiger partial charge in [-0.2, -0.15) is 0 Å². The van der Waals surface area contributed by atoms with Gasteiger partial charge >= 0.3 is 0 Å². The van der Waals surface area contributed by atoms with Gasteiger partial charge in [0.15, 0.2) is 0 Å². The number of hydrogen-bond acceptors (Lipinski definition) is 1. The number of hydrogen-bond donors (Lipinski definition) is 1. The molecule has 0 atom stereocenters. The van der Waals surface area contributed by atoms with Crippen molar-refractivity contribution in [1.29, 1.82) is 0 Å². The van der Waals surface area contributed by atoms with Crippen LogP contribution in [-0.2, 0) is 11.8 Å². The van der Waals surface area contributed by atoms with Gasteiger partial charge in [-0.1, -0.05) is 80.5 Å².